The third kappa shape index (κ3) is 4.28. The number of hydroxylamine groups is 1. The zero-order chi connectivity index (χ0) is 22.0. The van der Waals surface area contributed by atoms with E-state index in [1.807, 2.05) is 12.1 Å². The number of rotatable bonds is 5. The molecule has 0 bridgehead atoms. The van der Waals surface area contributed by atoms with Crippen molar-refractivity contribution in [2.75, 3.05) is 6.54 Å². The normalized spacial score (nSPS) is 16.4. The second-order valence-corrected chi connectivity index (χ2v) is 9.30. The van der Waals surface area contributed by atoms with E-state index in [2.05, 4.69) is 0 Å². The first-order valence-corrected chi connectivity index (χ1v) is 11.3. The van der Waals surface area contributed by atoms with Crippen LogP contribution in [0.3, 0.4) is 0 Å². The number of carbonyl (C=O) groups excluding carboxylic acids is 1. The number of hydrogen-bond acceptors (Lipinski definition) is 5. The maximum Gasteiger partial charge on any atom is 0.266 e. The SMILES string of the molecule is O=C(NO)[C@H]1c2ccccc2CCN1S(=O)(=O)c1ccc(Oc2ccc(Cl)cc2)cc1. The molecule has 0 radical (unpaired) electrons. The minimum Gasteiger partial charge on any atom is -0.457 e. The Bertz CT molecular complexity index is 1200. The predicted octanol–water partition coefficient (Wildman–Crippen LogP) is 3.93. The predicted molar refractivity (Wildman–Crippen MR) is 115 cm³/mol. The summed E-state index contributed by atoms with van der Waals surface area (Å²) in [6.45, 7) is 0.112. The molecule has 1 heterocycles. The molecule has 9 heteroatoms. The number of ether oxygens (including phenoxy) is 1. The Kier molecular flexibility index (Phi) is 5.97. The molecule has 1 atom stereocenters. The molecular formula is C22H19ClN2O5S. The Morgan fingerprint density at radius 3 is 2.26 bits per heavy atom. The summed E-state index contributed by atoms with van der Waals surface area (Å²) in [7, 11) is -4.02. The van der Waals surface area contributed by atoms with Gasteiger partial charge in [-0.05, 0) is 66.1 Å². The van der Waals surface area contributed by atoms with Crippen molar-refractivity contribution in [1.29, 1.82) is 0 Å². The first-order valence-electron chi connectivity index (χ1n) is 9.47. The number of fused-ring (bicyclic) bond motifs is 1. The number of nitrogens with zero attached hydrogens (tertiary/aromatic N) is 1. The van der Waals surface area contributed by atoms with Crippen LogP contribution in [0, 0.1) is 0 Å². The van der Waals surface area contributed by atoms with Crippen LogP contribution in [0.1, 0.15) is 17.2 Å². The summed E-state index contributed by atoms with van der Waals surface area (Å²) in [6, 6.07) is 18.7. The van der Waals surface area contributed by atoms with Crippen molar-refractivity contribution in [2.24, 2.45) is 0 Å². The molecule has 0 aliphatic carbocycles. The van der Waals surface area contributed by atoms with Gasteiger partial charge in [0.25, 0.3) is 5.91 Å². The number of benzene rings is 3. The number of sulfonamides is 1. The van der Waals surface area contributed by atoms with Crippen molar-refractivity contribution in [3.8, 4) is 11.5 Å². The molecule has 7 nitrogen and oxygen atoms in total. The molecular weight excluding hydrogens is 440 g/mol. The molecule has 0 spiro atoms. The second-order valence-electron chi connectivity index (χ2n) is 6.97. The van der Waals surface area contributed by atoms with Crippen molar-refractivity contribution in [2.45, 2.75) is 17.4 Å². The molecule has 1 aliphatic rings. The standard InChI is InChI=1S/C22H19ClN2O5S/c23-16-5-7-17(8-6-16)30-18-9-11-19(12-10-18)31(28,29)25-14-13-15-3-1-2-4-20(15)21(25)22(26)24-27/h1-12,21,27H,13-14H2,(H,24,26)/t21-/m1/s1. The van der Waals surface area contributed by atoms with Crippen molar-refractivity contribution < 1.29 is 23.2 Å². The molecule has 3 aromatic rings. The number of carbonyl (C=O) groups is 1. The lowest BCUT2D eigenvalue weighted by Gasteiger charge is -2.34. The topological polar surface area (TPSA) is 95.9 Å². The van der Waals surface area contributed by atoms with Gasteiger partial charge in [-0.3, -0.25) is 10.0 Å². The van der Waals surface area contributed by atoms with Crippen LogP contribution in [-0.2, 0) is 21.2 Å². The van der Waals surface area contributed by atoms with Gasteiger partial charge in [0.05, 0.1) is 4.90 Å². The summed E-state index contributed by atoms with van der Waals surface area (Å²) < 4.78 is 33.5. The van der Waals surface area contributed by atoms with Gasteiger partial charge in [-0.2, -0.15) is 4.31 Å². The van der Waals surface area contributed by atoms with E-state index in [4.69, 9.17) is 16.3 Å². The van der Waals surface area contributed by atoms with Crippen LogP contribution in [0.15, 0.2) is 77.7 Å². The first kappa shape index (κ1) is 21.3. The number of hydrogen-bond donors (Lipinski definition) is 2. The summed E-state index contributed by atoms with van der Waals surface area (Å²) in [5.41, 5.74) is 3.01. The second kappa shape index (κ2) is 8.68. The lowest BCUT2D eigenvalue weighted by Crippen LogP contribution is -2.46. The fraction of sp³-hybridized carbons (Fsp3) is 0.136. The molecule has 4 rings (SSSR count). The van der Waals surface area contributed by atoms with Gasteiger partial charge >= 0.3 is 0 Å². The Labute approximate surface area is 184 Å². The largest absolute Gasteiger partial charge is 0.457 e. The van der Waals surface area contributed by atoms with Gasteiger partial charge in [0.2, 0.25) is 10.0 Å². The van der Waals surface area contributed by atoms with Crippen LogP contribution >= 0.6 is 11.6 Å². The van der Waals surface area contributed by atoms with Gasteiger partial charge in [-0.25, -0.2) is 13.9 Å². The molecule has 0 saturated heterocycles. The van der Waals surface area contributed by atoms with E-state index in [1.54, 1.807) is 54.0 Å². The number of halogens is 1. The van der Waals surface area contributed by atoms with E-state index in [9.17, 15) is 18.4 Å². The highest BCUT2D eigenvalue weighted by Gasteiger charge is 2.40. The summed E-state index contributed by atoms with van der Waals surface area (Å²) >= 11 is 5.86. The van der Waals surface area contributed by atoms with Crippen LogP contribution in [0.2, 0.25) is 5.02 Å². The lowest BCUT2D eigenvalue weighted by atomic mass is 9.94. The highest BCUT2D eigenvalue weighted by molar-refractivity contribution is 7.89. The molecule has 31 heavy (non-hydrogen) atoms. The minimum absolute atomic E-state index is 0.0195. The monoisotopic (exact) mass is 458 g/mol. The molecule has 1 aliphatic heterocycles. The average molecular weight is 459 g/mol. The van der Waals surface area contributed by atoms with Crippen molar-refractivity contribution >= 4 is 27.5 Å². The van der Waals surface area contributed by atoms with Crippen molar-refractivity contribution in [1.82, 2.24) is 9.79 Å². The molecule has 0 aromatic heterocycles. The summed E-state index contributed by atoms with van der Waals surface area (Å²) in [6.07, 6.45) is 0.461. The summed E-state index contributed by atoms with van der Waals surface area (Å²) in [5.74, 6) is 0.209. The smallest absolute Gasteiger partial charge is 0.266 e. The van der Waals surface area contributed by atoms with Gasteiger partial charge < -0.3 is 4.74 Å². The quantitative estimate of drug-likeness (QED) is 0.446. The van der Waals surface area contributed by atoms with E-state index in [-0.39, 0.29) is 11.4 Å². The Hall–Kier alpha value is -2.91. The maximum atomic E-state index is 13.3. The van der Waals surface area contributed by atoms with Gasteiger partial charge in [-0.15, -0.1) is 0 Å². The molecule has 1 amide bonds. The van der Waals surface area contributed by atoms with Gasteiger partial charge in [0.1, 0.15) is 17.5 Å². The lowest BCUT2D eigenvalue weighted by molar-refractivity contribution is -0.133. The Morgan fingerprint density at radius 1 is 1.00 bits per heavy atom. The summed E-state index contributed by atoms with van der Waals surface area (Å²) in [4.78, 5) is 12.4. The fourth-order valence-corrected chi connectivity index (χ4v) is 5.28. The molecule has 0 saturated carbocycles. The first-order chi connectivity index (χ1) is 14.9. The number of nitrogens with one attached hydrogen (secondary N) is 1. The zero-order valence-electron chi connectivity index (χ0n) is 16.2. The maximum absolute atomic E-state index is 13.3. The third-order valence-electron chi connectivity index (χ3n) is 5.08. The minimum atomic E-state index is -4.02. The van der Waals surface area contributed by atoms with Gasteiger partial charge in [0.15, 0.2) is 0 Å². The molecule has 3 aromatic carbocycles. The third-order valence-corrected chi connectivity index (χ3v) is 7.21. The highest BCUT2D eigenvalue weighted by atomic mass is 35.5. The molecule has 0 fully saturated rings. The van der Waals surface area contributed by atoms with Crippen LogP contribution in [-0.4, -0.2) is 30.4 Å². The van der Waals surface area contributed by atoms with Crippen LogP contribution in [0.4, 0.5) is 0 Å². The molecule has 0 unspecified atom stereocenters. The highest BCUT2D eigenvalue weighted by Crippen LogP contribution is 2.35. The Morgan fingerprint density at radius 2 is 1.61 bits per heavy atom. The van der Waals surface area contributed by atoms with Crippen molar-refractivity contribution in [3.05, 3.63) is 88.9 Å². The number of amides is 1. The van der Waals surface area contributed by atoms with E-state index in [0.29, 0.717) is 28.5 Å². The average Bonchev–Trinajstić information content (AvgIpc) is 2.79. The van der Waals surface area contributed by atoms with Crippen molar-refractivity contribution in [3.63, 3.8) is 0 Å². The van der Waals surface area contributed by atoms with E-state index in [0.717, 1.165) is 9.87 Å². The Balaban J connectivity index is 1.62. The fourth-order valence-electron chi connectivity index (χ4n) is 3.59. The zero-order valence-corrected chi connectivity index (χ0v) is 17.8. The molecule has 160 valence electrons. The van der Waals surface area contributed by atoms with E-state index >= 15 is 0 Å². The van der Waals surface area contributed by atoms with E-state index < -0.39 is 22.0 Å². The van der Waals surface area contributed by atoms with Crippen LogP contribution < -0.4 is 10.2 Å². The van der Waals surface area contributed by atoms with Gasteiger partial charge in [0, 0.05) is 11.6 Å². The van der Waals surface area contributed by atoms with Crippen LogP contribution in [0.25, 0.3) is 0 Å². The van der Waals surface area contributed by atoms with Gasteiger partial charge in [-0.1, -0.05) is 35.9 Å². The van der Waals surface area contributed by atoms with Crippen LogP contribution in [0.5, 0.6) is 11.5 Å². The van der Waals surface area contributed by atoms with E-state index in [1.165, 1.54) is 12.1 Å². The molecule has 2 N–H and O–H groups in total. The summed E-state index contributed by atoms with van der Waals surface area (Å²) in [5, 5.41) is 9.80.